The number of aliphatic hydroxyl groups is 1. The van der Waals surface area contributed by atoms with Crippen molar-refractivity contribution < 1.29 is 52.5 Å². The first-order valence-corrected chi connectivity index (χ1v) is 20.3. The highest BCUT2D eigenvalue weighted by molar-refractivity contribution is 5.71. The predicted molar refractivity (Wildman–Crippen MR) is 202 cm³/mol. The minimum absolute atomic E-state index is 0.0246. The fraction of sp³-hybridized carbons (Fsp3) is 0.975. The van der Waals surface area contributed by atoms with Crippen molar-refractivity contribution in [1.29, 1.82) is 0 Å². The third-order valence-corrected chi connectivity index (χ3v) is 9.37. The number of aliphatic hydroxyl groups excluding tert-OH is 1. The molecule has 0 aliphatic heterocycles. The molecule has 0 aromatic rings. The van der Waals surface area contributed by atoms with E-state index in [2.05, 4.69) is 48.5 Å². The standard InChI is InChI=1S/C40H80O11/c1-12-30(10)40(42)50-22-31(11)51-39(20-9)29-49-38(19-8)28-48-37(18-7)27-47-36(17-6)26-46-35(16-5)25-45-34(15-4)24-44-33(14-3)23-43-32(13-2)21-41/h30-39,41H,12-29H2,1-11H3. The van der Waals surface area contributed by atoms with E-state index in [1.807, 2.05) is 27.7 Å². The molecular weight excluding hydrogens is 656 g/mol. The Bertz CT molecular complexity index is 784. The second kappa shape index (κ2) is 32.5. The summed E-state index contributed by atoms with van der Waals surface area (Å²) in [7, 11) is 0. The molecule has 11 heteroatoms. The van der Waals surface area contributed by atoms with Gasteiger partial charge in [0.2, 0.25) is 0 Å². The maximum Gasteiger partial charge on any atom is 0.308 e. The molecule has 0 rings (SSSR count). The van der Waals surface area contributed by atoms with Crippen LogP contribution in [0.1, 0.15) is 134 Å². The van der Waals surface area contributed by atoms with E-state index in [0.29, 0.717) is 46.2 Å². The van der Waals surface area contributed by atoms with E-state index in [-0.39, 0.29) is 80.0 Å². The molecule has 0 bridgehead atoms. The summed E-state index contributed by atoms with van der Waals surface area (Å²) in [6.07, 6.45) is 6.70. The van der Waals surface area contributed by atoms with E-state index in [1.165, 1.54) is 0 Å². The van der Waals surface area contributed by atoms with Crippen molar-refractivity contribution in [1.82, 2.24) is 0 Å². The Kier molecular flexibility index (Phi) is 32.0. The molecule has 0 fully saturated rings. The molecule has 0 aromatic carbocycles. The highest BCUT2D eigenvalue weighted by Crippen LogP contribution is 2.14. The van der Waals surface area contributed by atoms with Crippen LogP contribution >= 0.6 is 0 Å². The van der Waals surface area contributed by atoms with Crippen molar-refractivity contribution in [2.45, 2.75) is 189 Å². The summed E-state index contributed by atoms with van der Waals surface area (Å²) in [6, 6.07) is 0. The van der Waals surface area contributed by atoms with Crippen LogP contribution in [0.15, 0.2) is 0 Å². The van der Waals surface area contributed by atoms with Crippen molar-refractivity contribution in [2.24, 2.45) is 5.92 Å². The Morgan fingerprint density at radius 1 is 0.412 bits per heavy atom. The van der Waals surface area contributed by atoms with Gasteiger partial charge in [0, 0.05) is 0 Å². The molecule has 0 aromatic heterocycles. The van der Waals surface area contributed by atoms with E-state index in [4.69, 9.17) is 42.6 Å². The predicted octanol–water partition coefficient (Wildman–Crippen LogP) is 7.32. The van der Waals surface area contributed by atoms with Gasteiger partial charge in [-0.25, -0.2) is 0 Å². The topological polar surface area (TPSA) is 120 Å². The quantitative estimate of drug-likeness (QED) is 0.0652. The van der Waals surface area contributed by atoms with Gasteiger partial charge >= 0.3 is 5.97 Å². The second-order valence-electron chi connectivity index (χ2n) is 13.6. The van der Waals surface area contributed by atoms with E-state index in [0.717, 1.165) is 57.8 Å². The van der Waals surface area contributed by atoms with Crippen LogP contribution < -0.4 is 0 Å². The molecule has 11 nitrogen and oxygen atoms in total. The van der Waals surface area contributed by atoms with Crippen LogP contribution in [-0.2, 0) is 47.4 Å². The van der Waals surface area contributed by atoms with Crippen molar-refractivity contribution >= 4 is 5.97 Å². The van der Waals surface area contributed by atoms with Crippen LogP contribution in [0.3, 0.4) is 0 Å². The summed E-state index contributed by atoms with van der Waals surface area (Å²) in [5, 5.41) is 9.38. The van der Waals surface area contributed by atoms with Crippen LogP contribution in [-0.4, -0.2) is 125 Å². The molecule has 0 heterocycles. The van der Waals surface area contributed by atoms with E-state index in [1.54, 1.807) is 0 Å². The highest BCUT2D eigenvalue weighted by Gasteiger charge is 2.21. The molecular formula is C40H80O11. The minimum atomic E-state index is -0.204. The van der Waals surface area contributed by atoms with E-state index < -0.39 is 0 Å². The van der Waals surface area contributed by atoms with Crippen molar-refractivity contribution in [2.75, 3.05) is 59.5 Å². The van der Waals surface area contributed by atoms with E-state index in [9.17, 15) is 9.90 Å². The molecule has 0 spiro atoms. The zero-order valence-electron chi connectivity index (χ0n) is 34.5. The number of hydrogen-bond donors (Lipinski definition) is 1. The first kappa shape index (κ1) is 50.1. The van der Waals surface area contributed by atoms with Gasteiger partial charge < -0.3 is 47.7 Å². The van der Waals surface area contributed by atoms with Gasteiger partial charge in [-0.2, -0.15) is 0 Å². The van der Waals surface area contributed by atoms with E-state index >= 15 is 0 Å². The number of hydrogen-bond acceptors (Lipinski definition) is 11. The SMILES string of the molecule is CCC(CO)OCC(CC)OCC(CC)OCC(CC)OCC(CC)OCC(CC)OCC(CC)OCC(CC)OC(C)COC(=O)C(C)CC. The van der Waals surface area contributed by atoms with Gasteiger partial charge in [-0.05, 0) is 64.7 Å². The summed E-state index contributed by atoms with van der Waals surface area (Å²) in [6.45, 7) is 26.1. The minimum Gasteiger partial charge on any atom is -0.463 e. The average molecular weight is 737 g/mol. The third-order valence-electron chi connectivity index (χ3n) is 9.37. The van der Waals surface area contributed by atoms with Gasteiger partial charge in [0.15, 0.2) is 0 Å². The normalized spacial score (nSPS) is 18.0. The smallest absolute Gasteiger partial charge is 0.308 e. The number of carbonyl (C=O) groups excluding carboxylic acids is 1. The zero-order valence-corrected chi connectivity index (χ0v) is 34.5. The molecule has 10 unspecified atom stereocenters. The molecule has 0 saturated carbocycles. The van der Waals surface area contributed by atoms with Gasteiger partial charge in [0.25, 0.3) is 0 Å². The van der Waals surface area contributed by atoms with Crippen LogP contribution in [0, 0.1) is 5.92 Å². The van der Waals surface area contributed by atoms with Gasteiger partial charge in [0.05, 0.1) is 114 Å². The maximum atomic E-state index is 12.0. The number of carbonyl (C=O) groups is 1. The van der Waals surface area contributed by atoms with Gasteiger partial charge in [-0.3, -0.25) is 4.79 Å². The number of rotatable bonds is 36. The molecule has 51 heavy (non-hydrogen) atoms. The Hall–Kier alpha value is -0.890. The number of esters is 1. The van der Waals surface area contributed by atoms with Crippen molar-refractivity contribution in [3.05, 3.63) is 0 Å². The summed E-state index contributed by atoms with van der Waals surface area (Å²) in [5.41, 5.74) is 0. The Labute approximate surface area is 312 Å². The van der Waals surface area contributed by atoms with Crippen LogP contribution in [0.25, 0.3) is 0 Å². The van der Waals surface area contributed by atoms with Gasteiger partial charge in [0.1, 0.15) is 6.61 Å². The van der Waals surface area contributed by atoms with Gasteiger partial charge in [-0.15, -0.1) is 0 Å². The average Bonchev–Trinajstić information content (AvgIpc) is 3.16. The Morgan fingerprint density at radius 3 is 0.941 bits per heavy atom. The van der Waals surface area contributed by atoms with Gasteiger partial charge in [-0.1, -0.05) is 69.2 Å². The number of ether oxygens (including phenoxy) is 9. The fourth-order valence-corrected chi connectivity index (χ4v) is 4.84. The molecule has 0 saturated heterocycles. The Balaban J connectivity index is 4.63. The summed E-state index contributed by atoms with van der Waals surface area (Å²) in [5.74, 6) is -0.283. The second-order valence-corrected chi connectivity index (χ2v) is 13.6. The molecule has 0 amide bonds. The summed E-state index contributed by atoms with van der Waals surface area (Å²) in [4.78, 5) is 12.0. The lowest BCUT2D eigenvalue weighted by Gasteiger charge is -2.27. The maximum absolute atomic E-state index is 12.0. The molecule has 306 valence electrons. The van der Waals surface area contributed by atoms with Crippen molar-refractivity contribution in [3.63, 3.8) is 0 Å². The molecule has 0 aliphatic carbocycles. The third kappa shape index (κ3) is 24.2. The van der Waals surface area contributed by atoms with Crippen LogP contribution in [0.4, 0.5) is 0 Å². The molecule has 10 atom stereocenters. The highest BCUT2D eigenvalue weighted by atomic mass is 16.6. The lowest BCUT2D eigenvalue weighted by Crippen LogP contribution is -2.34. The van der Waals surface area contributed by atoms with Crippen LogP contribution in [0.2, 0.25) is 0 Å². The van der Waals surface area contributed by atoms with Crippen molar-refractivity contribution in [3.8, 4) is 0 Å². The summed E-state index contributed by atoms with van der Waals surface area (Å²) < 4.78 is 54.6. The Morgan fingerprint density at radius 2 is 0.686 bits per heavy atom. The lowest BCUT2D eigenvalue weighted by atomic mass is 10.1. The zero-order chi connectivity index (χ0) is 38.4. The molecule has 0 aliphatic rings. The first-order valence-electron chi connectivity index (χ1n) is 20.3. The summed E-state index contributed by atoms with van der Waals surface area (Å²) >= 11 is 0. The largest absolute Gasteiger partial charge is 0.463 e. The fourth-order valence-electron chi connectivity index (χ4n) is 4.84. The first-order chi connectivity index (χ1) is 24.6. The molecule has 0 radical (unpaired) electrons. The molecule has 1 N–H and O–H groups in total. The monoisotopic (exact) mass is 737 g/mol. The van der Waals surface area contributed by atoms with Crippen LogP contribution in [0.5, 0.6) is 0 Å². The lowest BCUT2D eigenvalue weighted by molar-refractivity contribution is -0.155.